The van der Waals surface area contributed by atoms with Crippen LogP contribution in [0.3, 0.4) is 0 Å². The first-order chi connectivity index (χ1) is 8.99. The topological polar surface area (TPSA) is 81.6 Å². The number of nitrogens with two attached hydrogens (primary N) is 1. The first kappa shape index (κ1) is 14.0. The van der Waals surface area contributed by atoms with Gasteiger partial charge in [-0.05, 0) is 19.1 Å². The average molecular weight is 286 g/mol. The maximum atomic E-state index is 11.1. The van der Waals surface area contributed by atoms with Crippen molar-refractivity contribution in [2.75, 3.05) is 24.6 Å². The molecule has 0 aliphatic carbocycles. The molecule has 2 unspecified atom stereocenters. The van der Waals surface area contributed by atoms with Gasteiger partial charge in [0.25, 0.3) is 5.69 Å². The van der Waals surface area contributed by atoms with Crippen molar-refractivity contribution in [2.45, 2.75) is 19.1 Å². The second-order valence-corrected chi connectivity index (χ2v) is 5.04. The van der Waals surface area contributed by atoms with Crippen LogP contribution in [-0.4, -0.2) is 36.8 Å². The van der Waals surface area contributed by atoms with Crippen LogP contribution in [0, 0.1) is 10.1 Å². The normalized spacial score (nSPS) is 21.2. The largest absolute Gasteiger partial charge is 0.373 e. The first-order valence-corrected chi connectivity index (χ1v) is 6.43. The molecule has 0 saturated carbocycles. The molecule has 1 aliphatic rings. The zero-order valence-corrected chi connectivity index (χ0v) is 11.3. The summed E-state index contributed by atoms with van der Waals surface area (Å²) >= 11 is 5.81. The summed E-state index contributed by atoms with van der Waals surface area (Å²) in [6, 6.07) is 4.58. The van der Waals surface area contributed by atoms with Gasteiger partial charge in [-0.25, -0.2) is 0 Å². The van der Waals surface area contributed by atoms with Crippen LogP contribution in [-0.2, 0) is 4.74 Å². The monoisotopic (exact) mass is 285 g/mol. The third-order valence-corrected chi connectivity index (χ3v) is 3.39. The standard InChI is InChI=1S/C12H16ClN3O3/c1-8(14)12-7-15(4-5-19-12)10-3-2-9(13)6-11(10)16(17)18/h2-3,6,8,12H,4-5,7,14H2,1H3. The van der Waals surface area contributed by atoms with Crippen LogP contribution >= 0.6 is 11.6 Å². The van der Waals surface area contributed by atoms with E-state index in [0.29, 0.717) is 30.4 Å². The number of halogens is 1. The lowest BCUT2D eigenvalue weighted by Crippen LogP contribution is -2.49. The Kier molecular flexibility index (Phi) is 4.24. The van der Waals surface area contributed by atoms with Gasteiger partial charge in [-0.1, -0.05) is 11.6 Å². The van der Waals surface area contributed by atoms with E-state index in [0.717, 1.165) is 0 Å². The highest BCUT2D eigenvalue weighted by atomic mass is 35.5. The molecular weight excluding hydrogens is 270 g/mol. The fourth-order valence-corrected chi connectivity index (χ4v) is 2.29. The molecule has 0 bridgehead atoms. The van der Waals surface area contributed by atoms with E-state index in [1.807, 2.05) is 11.8 Å². The summed E-state index contributed by atoms with van der Waals surface area (Å²) in [5.41, 5.74) is 6.39. The summed E-state index contributed by atoms with van der Waals surface area (Å²) in [5, 5.41) is 11.5. The van der Waals surface area contributed by atoms with E-state index in [-0.39, 0.29) is 17.8 Å². The van der Waals surface area contributed by atoms with Crippen molar-refractivity contribution in [1.82, 2.24) is 0 Å². The molecule has 0 aromatic heterocycles. The van der Waals surface area contributed by atoms with Gasteiger partial charge < -0.3 is 15.4 Å². The van der Waals surface area contributed by atoms with Crippen LogP contribution in [0.2, 0.25) is 5.02 Å². The van der Waals surface area contributed by atoms with Crippen LogP contribution < -0.4 is 10.6 Å². The summed E-state index contributed by atoms with van der Waals surface area (Å²) in [6.45, 7) is 3.52. The van der Waals surface area contributed by atoms with Crippen molar-refractivity contribution in [1.29, 1.82) is 0 Å². The number of hydrogen-bond donors (Lipinski definition) is 1. The number of nitrogens with zero attached hydrogens (tertiary/aromatic N) is 2. The molecule has 6 nitrogen and oxygen atoms in total. The van der Waals surface area contributed by atoms with Gasteiger partial charge in [-0.2, -0.15) is 0 Å². The SMILES string of the molecule is CC(N)C1CN(c2ccc(Cl)cc2[N+](=O)[O-])CCO1. The Bertz CT molecular complexity index is 481. The van der Waals surface area contributed by atoms with Gasteiger partial charge >= 0.3 is 0 Å². The molecule has 19 heavy (non-hydrogen) atoms. The number of hydrogen-bond acceptors (Lipinski definition) is 5. The average Bonchev–Trinajstić information content (AvgIpc) is 2.38. The molecule has 1 aromatic rings. The van der Waals surface area contributed by atoms with E-state index < -0.39 is 4.92 Å². The minimum atomic E-state index is -0.419. The van der Waals surface area contributed by atoms with E-state index in [1.54, 1.807) is 12.1 Å². The lowest BCUT2D eigenvalue weighted by Gasteiger charge is -2.35. The Balaban J connectivity index is 2.28. The molecule has 1 heterocycles. The number of rotatable bonds is 3. The Morgan fingerprint density at radius 3 is 3.00 bits per heavy atom. The van der Waals surface area contributed by atoms with Crippen molar-refractivity contribution in [3.05, 3.63) is 33.3 Å². The predicted octanol–water partition coefficient (Wildman–Crippen LogP) is 1.80. The van der Waals surface area contributed by atoms with E-state index in [4.69, 9.17) is 22.1 Å². The summed E-state index contributed by atoms with van der Waals surface area (Å²) in [7, 11) is 0. The summed E-state index contributed by atoms with van der Waals surface area (Å²) in [4.78, 5) is 12.6. The molecule has 2 atom stereocenters. The van der Waals surface area contributed by atoms with Gasteiger partial charge in [0.05, 0.1) is 17.6 Å². The van der Waals surface area contributed by atoms with Gasteiger partial charge in [-0.3, -0.25) is 10.1 Å². The van der Waals surface area contributed by atoms with E-state index in [9.17, 15) is 10.1 Å². The van der Waals surface area contributed by atoms with Crippen molar-refractivity contribution >= 4 is 23.0 Å². The Hall–Kier alpha value is -1.37. The van der Waals surface area contributed by atoms with E-state index in [2.05, 4.69) is 0 Å². The minimum absolute atomic E-state index is 0.0119. The Morgan fingerprint density at radius 2 is 2.37 bits per heavy atom. The number of ether oxygens (including phenoxy) is 1. The Morgan fingerprint density at radius 1 is 1.63 bits per heavy atom. The lowest BCUT2D eigenvalue weighted by atomic mass is 10.1. The Labute approximate surface area is 116 Å². The molecule has 2 N–H and O–H groups in total. The summed E-state index contributed by atoms with van der Waals surface area (Å²) in [5.74, 6) is 0. The second kappa shape index (κ2) is 5.73. The van der Waals surface area contributed by atoms with Gasteiger partial charge in [-0.15, -0.1) is 0 Å². The zero-order valence-electron chi connectivity index (χ0n) is 10.6. The molecule has 1 aromatic carbocycles. The highest BCUT2D eigenvalue weighted by Crippen LogP contribution is 2.32. The highest BCUT2D eigenvalue weighted by molar-refractivity contribution is 6.30. The van der Waals surface area contributed by atoms with Crippen molar-refractivity contribution in [2.24, 2.45) is 5.73 Å². The second-order valence-electron chi connectivity index (χ2n) is 4.60. The number of anilines is 1. The summed E-state index contributed by atoms with van der Waals surface area (Å²) < 4.78 is 5.55. The van der Waals surface area contributed by atoms with Gasteiger partial charge in [0.15, 0.2) is 0 Å². The third kappa shape index (κ3) is 3.15. The number of morpholine rings is 1. The lowest BCUT2D eigenvalue weighted by molar-refractivity contribution is -0.384. The molecule has 1 aliphatic heterocycles. The van der Waals surface area contributed by atoms with Crippen LogP contribution in [0.15, 0.2) is 18.2 Å². The van der Waals surface area contributed by atoms with Crippen LogP contribution in [0.4, 0.5) is 11.4 Å². The summed E-state index contributed by atoms with van der Waals surface area (Å²) in [6.07, 6.45) is -0.121. The van der Waals surface area contributed by atoms with Gasteiger partial charge in [0, 0.05) is 30.2 Å². The number of nitro groups is 1. The van der Waals surface area contributed by atoms with Gasteiger partial charge in [0.1, 0.15) is 5.69 Å². The van der Waals surface area contributed by atoms with E-state index in [1.165, 1.54) is 6.07 Å². The minimum Gasteiger partial charge on any atom is -0.373 e. The molecule has 2 rings (SSSR count). The molecule has 7 heteroatoms. The molecule has 0 radical (unpaired) electrons. The molecule has 1 saturated heterocycles. The zero-order chi connectivity index (χ0) is 14.0. The molecule has 0 spiro atoms. The maximum Gasteiger partial charge on any atom is 0.294 e. The molecule has 1 fully saturated rings. The van der Waals surface area contributed by atoms with Gasteiger partial charge in [0.2, 0.25) is 0 Å². The van der Waals surface area contributed by atoms with Crippen LogP contribution in [0.25, 0.3) is 0 Å². The smallest absolute Gasteiger partial charge is 0.294 e. The molecule has 104 valence electrons. The fourth-order valence-electron chi connectivity index (χ4n) is 2.12. The predicted molar refractivity (Wildman–Crippen MR) is 73.7 cm³/mol. The number of nitro benzene ring substituents is 1. The fraction of sp³-hybridized carbons (Fsp3) is 0.500. The molecular formula is C12H16ClN3O3. The third-order valence-electron chi connectivity index (χ3n) is 3.15. The first-order valence-electron chi connectivity index (χ1n) is 6.05. The van der Waals surface area contributed by atoms with Crippen LogP contribution in [0.1, 0.15) is 6.92 Å². The maximum absolute atomic E-state index is 11.1. The highest BCUT2D eigenvalue weighted by Gasteiger charge is 2.27. The van der Waals surface area contributed by atoms with E-state index >= 15 is 0 Å². The van der Waals surface area contributed by atoms with Crippen LogP contribution in [0.5, 0.6) is 0 Å². The van der Waals surface area contributed by atoms with Crippen molar-refractivity contribution in [3.8, 4) is 0 Å². The number of benzene rings is 1. The van der Waals surface area contributed by atoms with Crippen molar-refractivity contribution in [3.63, 3.8) is 0 Å². The quantitative estimate of drug-likeness (QED) is 0.676. The van der Waals surface area contributed by atoms with Crippen molar-refractivity contribution < 1.29 is 9.66 Å². The molecule has 0 amide bonds.